The predicted octanol–water partition coefficient (Wildman–Crippen LogP) is 2.24. The van der Waals surface area contributed by atoms with Crippen molar-refractivity contribution in [2.75, 3.05) is 32.5 Å². The number of nitrogens with one attached hydrogen (secondary N) is 1. The molecule has 0 aliphatic heterocycles. The summed E-state index contributed by atoms with van der Waals surface area (Å²) in [6.07, 6.45) is 5.93. The third-order valence-electron chi connectivity index (χ3n) is 3.70. The topological polar surface area (TPSA) is 53.6 Å². The van der Waals surface area contributed by atoms with Crippen LogP contribution in [0.25, 0.3) is 0 Å². The van der Waals surface area contributed by atoms with Gasteiger partial charge in [0, 0.05) is 12.2 Å². The summed E-state index contributed by atoms with van der Waals surface area (Å²) in [5.41, 5.74) is 10.00. The van der Waals surface area contributed by atoms with Crippen LogP contribution in [0.4, 0.5) is 5.69 Å². The van der Waals surface area contributed by atoms with Crippen LogP contribution in [0, 0.1) is 0 Å². The van der Waals surface area contributed by atoms with Crippen molar-refractivity contribution in [1.82, 2.24) is 4.90 Å². The molecular weight excluding hydrogens is 248 g/mol. The van der Waals surface area contributed by atoms with Crippen LogP contribution in [0.5, 0.6) is 0 Å². The van der Waals surface area contributed by atoms with Crippen molar-refractivity contribution in [3.63, 3.8) is 0 Å². The number of nitrogens with two attached hydrogens (primary N) is 1. The quantitative estimate of drug-likeness (QED) is 0.492. The lowest BCUT2D eigenvalue weighted by molar-refractivity contribution is 0.403. The van der Waals surface area contributed by atoms with Crippen LogP contribution >= 0.6 is 0 Å². The second-order valence-corrected chi connectivity index (χ2v) is 5.70. The molecular formula is C16H26N4. The fourth-order valence-electron chi connectivity index (χ4n) is 2.66. The van der Waals surface area contributed by atoms with Crippen molar-refractivity contribution in [3.8, 4) is 0 Å². The average Bonchev–Trinajstić information content (AvgIpc) is 2.44. The van der Waals surface area contributed by atoms with Crippen molar-refractivity contribution in [2.24, 2.45) is 10.7 Å². The second-order valence-electron chi connectivity index (χ2n) is 5.70. The van der Waals surface area contributed by atoms with E-state index in [2.05, 4.69) is 47.5 Å². The van der Waals surface area contributed by atoms with Crippen molar-refractivity contribution < 1.29 is 0 Å². The molecule has 0 unspecified atom stereocenters. The molecule has 4 heteroatoms. The van der Waals surface area contributed by atoms with Gasteiger partial charge in [-0.15, -0.1) is 0 Å². The number of hydrogen-bond acceptors (Lipinski definition) is 2. The summed E-state index contributed by atoms with van der Waals surface area (Å²) in [5, 5.41) is 3.27. The van der Waals surface area contributed by atoms with Crippen LogP contribution in [0.2, 0.25) is 0 Å². The fraction of sp³-hybridized carbons (Fsp3) is 0.562. The second kappa shape index (κ2) is 7.29. The van der Waals surface area contributed by atoms with E-state index in [4.69, 9.17) is 5.73 Å². The minimum absolute atomic E-state index is 0.530. The zero-order valence-electron chi connectivity index (χ0n) is 12.7. The average molecular weight is 274 g/mol. The monoisotopic (exact) mass is 274 g/mol. The zero-order valence-corrected chi connectivity index (χ0v) is 12.7. The first kappa shape index (κ1) is 14.9. The maximum atomic E-state index is 5.98. The van der Waals surface area contributed by atoms with E-state index in [1.807, 2.05) is 0 Å². The van der Waals surface area contributed by atoms with Crippen LogP contribution in [0.1, 0.15) is 30.4 Å². The summed E-state index contributed by atoms with van der Waals surface area (Å²) < 4.78 is 0. The standard InChI is InChI=1S/C16H26N4/c1-20(2)12-6-11-18-16(17)19-15-10-5-8-13-7-3-4-9-14(13)15/h5,8,10H,3-4,6-7,9,11-12H2,1-2H3,(H3,17,18,19). The molecule has 0 saturated heterocycles. The van der Waals surface area contributed by atoms with Gasteiger partial charge in [0.2, 0.25) is 0 Å². The lowest BCUT2D eigenvalue weighted by Crippen LogP contribution is -2.24. The van der Waals surface area contributed by atoms with E-state index >= 15 is 0 Å². The summed E-state index contributed by atoms with van der Waals surface area (Å²) in [6, 6.07) is 6.43. The Kier molecular flexibility index (Phi) is 5.41. The van der Waals surface area contributed by atoms with E-state index in [9.17, 15) is 0 Å². The molecule has 3 N–H and O–H groups in total. The van der Waals surface area contributed by atoms with Crippen molar-refractivity contribution in [2.45, 2.75) is 32.1 Å². The molecule has 110 valence electrons. The summed E-state index contributed by atoms with van der Waals surface area (Å²) in [6.45, 7) is 1.81. The lowest BCUT2D eigenvalue weighted by atomic mass is 9.90. The molecule has 0 radical (unpaired) electrons. The van der Waals surface area contributed by atoms with E-state index in [-0.39, 0.29) is 0 Å². The molecule has 0 amide bonds. The first-order valence-electron chi connectivity index (χ1n) is 7.49. The number of fused-ring (bicyclic) bond motifs is 1. The van der Waals surface area contributed by atoms with Gasteiger partial charge in [-0.25, -0.2) is 0 Å². The molecule has 1 aromatic carbocycles. The van der Waals surface area contributed by atoms with Crippen LogP contribution in [0.3, 0.4) is 0 Å². The van der Waals surface area contributed by atoms with E-state index in [1.165, 1.54) is 30.4 Å². The number of nitrogens with zero attached hydrogens (tertiary/aromatic N) is 2. The highest BCUT2D eigenvalue weighted by Gasteiger charge is 2.12. The van der Waals surface area contributed by atoms with Crippen LogP contribution in [-0.4, -0.2) is 38.0 Å². The number of rotatable bonds is 5. The molecule has 0 heterocycles. The molecule has 0 atom stereocenters. The Morgan fingerprint density at radius 2 is 2.10 bits per heavy atom. The van der Waals surface area contributed by atoms with E-state index in [0.29, 0.717) is 5.96 Å². The Labute approximate surface area is 122 Å². The summed E-state index contributed by atoms with van der Waals surface area (Å²) in [4.78, 5) is 6.56. The summed E-state index contributed by atoms with van der Waals surface area (Å²) in [5.74, 6) is 0.530. The largest absolute Gasteiger partial charge is 0.370 e. The first-order valence-corrected chi connectivity index (χ1v) is 7.49. The third-order valence-corrected chi connectivity index (χ3v) is 3.70. The molecule has 0 fully saturated rings. The Hall–Kier alpha value is -1.55. The molecule has 0 spiro atoms. The first-order chi connectivity index (χ1) is 9.66. The van der Waals surface area contributed by atoms with Crippen molar-refractivity contribution in [3.05, 3.63) is 29.3 Å². The smallest absolute Gasteiger partial charge is 0.193 e. The minimum Gasteiger partial charge on any atom is -0.370 e. The molecule has 1 aromatic rings. The SMILES string of the molecule is CN(C)CCCN=C(N)Nc1cccc2c1CCCC2. The Bertz CT molecular complexity index is 466. The predicted molar refractivity (Wildman–Crippen MR) is 86.4 cm³/mol. The van der Waals surface area contributed by atoms with Crippen molar-refractivity contribution in [1.29, 1.82) is 0 Å². The van der Waals surface area contributed by atoms with Gasteiger partial charge >= 0.3 is 0 Å². The van der Waals surface area contributed by atoms with Crippen molar-refractivity contribution >= 4 is 11.6 Å². The van der Waals surface area contributed by atoms with Gasteiger partial charge in [0.05, 0.1) is 0 Å². The van der Waals surface area contributed by atoms with E-state index in [0.717, 1.165) is 31.6 Å². The summed E-state index contributed by atoms with van der Waals surface area (Å²) >= 11 is 0. The lowest BCUT2D eigenvalue weighted by Gasteiger charge is -2.19. The van der Waals surface area contributed by atoms with Gasteiger partial charge < -0.3 is 16.0 Å². The van der Waals surface area contributed by atoms with Gasteiger partial charge in [0.25, 0.3) is 0 Å². The molecule has 20 heavy (non-hydrogen) atoms. The number of aryl methyl sites for hydroxylation is 1. The third kappa shape index (κ3) is 4.23. The van der Waals surface area contributed by atoms with E-state index < -0.39 is 0 Å². The number of anilines is 1. The van der Waals surface area contributed by atoms with Gasteiger partial charge in [0.15, 0.2) is 5.96 Å². The van der Waals surface area contributed by atoms with Gasteiger partial charge in [0.1, 0.15) is 0 Å². The maximum absolute atomic E-state index is 5.98. The highest BCUT2D eigenvalue weighted by molar-refractivity contribution is 5.93. The van der Waals surface area contributed by atoms with Gasteiger partial charge in [-0.05, 0) is 69.9 Å². The van der Waals surface area contributed by atoms with E-state index in [1.54, 1.807) is 0 Å². The number of guanidine groups is 1. The Morgan fingerprint density at radius 1 is 1.30 bits per heavy atom. The molecule has 2 rings (SSSR count). The Balaban J connectivity index is 1.94. The van der Waals surface area contributed by atoms with Gasteiger partial charge in [-0.3, -0.25) is 4.99 Å². The molecule has 1 aliphatic rings. The molecule has 1 aliphatic carbocycles. The fourth-order valence-corrected chi connectivity index (χ4v) is 2.66. The van der Waals surface area contributed by atoms with Gasteiger partial charge in [-0.2, -0.15) is 0 Å². The number of hydrogen-bond donors (Lipinski definition) is 2. The van der Waals surface area contributed by atoms with Crippen LogP contribution in [0.15, 0.2) is 23.2 Å². The number of aliphatic imine (C=N–C) groups is 1. The zero-order chi connectivity index (χ0) is 14.4. The molecule has 0 saturated carbocycles. The summed E-state index contributed by atoms with van der Waals surface area (Å²) in [7, 11) is 4.14. The highest BCUT2D eigenvalue weighted by Crippen LogP contribution is 2.27. The van der Waals surface area contributed by atoms with Crippen LogP contribution in [-0.2, 0) is 12.8 Å². The minimum atomic E-state index is 0.530. The molecule has 0 bridgehead atoms. The normalized spacial score (nSPS) is 15.2. The van der Waals surface area contributed by atoms with Gasteiger partial charge in [-0.1, -0.05) is 12.1 Å². The highest BCUT2D eigenvalue weighted by atomic mass is 15.1. The molecule has 0 aromatic heterocycles. The molecule has 4 nitrogen and oxygen atoms in total. The van der Waals surface area contributed by atoms with Crippen LogP contribution < -0.4 is 11.1 Å². The maximum Gasteiger partial charge on any atom is 0.193 e. The Morgan fingerprint density at radius 3 is 2.90 bits per heavy atom. The number of benzene rings is 1.